The molecule has 2 N–H and O–H groups in total. The molecule has 2 rings (SSSR count). The van der Waals surface area contributed by atoms with Crippen molar-refractivity contribution >= 4 is 29.1 Å². The van der Waals surface area contributed by atoms with Crippen molar-refractivity contribution in [3.63, 3.8) is 0 Å². The summed E-state index contributed by atoms with van der Waals surface area (Å²) in [5.41, 5.74) is 2.41. The lowest BCUT2D eigenvalue weighted by Gasteiger charge is -2.21. The maximum atomic E-state index is 12.2. The molecule has 0 aromatic heterocycles. The first-order valence-corrected chi connectivity index (χ1v) is 9.44. The van der Waals surface area contributed by atoms with Crippen LogP contribution in [0, 0.1) is 0 Å². The van der Waals surface area contributed by atoms with Crippen molar-refractivity contribution in [3.05, 3.63) is 54.1 Å². The van der Waals surface area contributed by atoms with E-state index in [1.54, 1.807) is 36.3 Å². The first-order valence-electron chi connectivity index (χ1n) is 9.44. The number of hydrogen-bond acceptors (Lipinski definition) is 4. The molecule has 7 heteroatoms. The van der Waals surface area contributed by atoms with E-state index in [-0.39, 0.29) is 30.7 Å². The second kappa shape index (κ2) is 10.8. The van der Waals surface area contributed by atoms with Gasteiger partial charge in [-0.25, -0.2) is 0 Å². The number of benzene rings is 2. The fraction of sp³-hybridized carbons (Fsp3) is 0.318. The quantitative estimate of drug-likeness (QED) is 0.681. The molecule has 0 atom stereocenters. The minimum absolute atomic E-state index is 0.117. The summed E-state index contributed by atoms with van der Waals surface area (Å²) in [7, 11) is 1.62. The molecule has 0 aliphatic rings. The predicted octanol–water partition coefficient (Wildman–Crippen LogP) is 2.76. The Balaban J connectivity index is 1.83. The summed E-state index contributed by atoms with van der Waals surface area (Å²) in [4.78, 5) is 36.8. The molecule has 2 aromatic rings. The van der Waals surface area contributed by atoms with E-state index < -0.39 is 0 Å². The summed E-state index contributed by atoms with van der Waals surface area (Å²) >= 11 is 0. The van der Waals surface area contributed by atoms with Crippen LogP contribution in [0.25, 0.3) is 0 Å². The normalized spacial score (nSPS) is 10.2. The summed E-state index contributed by atoms with van der Waals surface area (Å²) in [6.07, 6.45) is 0.898. The lowest BCUT2D eigenvalue weighted by Crippen LogP contribution is -2.34. The molecule has 0 aliphatic heterocycles. The van der Waals surface area contributed by atoms with Gasteiger partial charge in [-0.05, 0) is 48.4 Å². The number of amides is 3. The largest absolute Gasteiger partial charge is 0.497 e. The van der Waals surface area contributed by atoms with Gasteiger partial charge in [0.05, 0.1) is 7.11 Å². The van der Waals surface area contributed by atoms with E-state index in [9.17, 15) is 14.4 Å². The Morgan fingerprint density at radius 3 is 2.38 bits per heavy atom. The Hall–Kier alpha value is -3.35. The summed E-state index contributed by atoms with van der Waals surface area (Å²) in [6.45, 7) is 3.68. The van der Waals surface area contributed by atoms with Gasteiger partial charge in [0.15, 0.2) is 0 Å². The van der Waals surface area contributed by atoms with Gasteiger partial charge in [0, 0.05) is 44.7 Å². The zero-order valence-electron chi connectivity index (χ0n) is 17.0. The van der Waals surface area contributed by atoms with Crippen LogP contribution in [0.5, 0.6) is 5.75 Å². The average Bonchev–Trinajstić information content (AvgIpc) is 2.69. The van der Waals surface area contributed by atoms with Crippen molar-refractivity contribution in [1.82, 2.24) is 5.32 Å². The van der Waals surface area contributed by atoms with Crippen LogP contribution in [0.3, 0.4) is 0 Å². The standard InChI is InChI=1S/C22H27N3O4/c1-16(26)24-19-7-9-20(10-8-19)25(17(2)27)14-12-22(28)23-13-11-18-5-4-6-21(15-18)29-3/h4-10,15H,11-14H2,1-3H3,(H,23,28)(H,24,26). The number of hydrogen-bond donors (Lipinski definition) is 2. The van der Waals surface area contributed by atoms with Gasteiger partial charge in [0.1, 0.15) is 5.75 Å². The summed E-state index contributed by atoms with van der Waals surface area (Å²) < 4.78 is 5.19. The van der Waals surface area contributed by atoms with Crippen LogP contribution in [0.15, 0.2) is 48.5 Å². The molecule has 154 valence electrons. The van der Waals surface area contributed by atoms with Crippen molar-refractivity contribution < 1.29 is 19.1 Å². The van der Waals surface area contributed by atoms with Crippen LogP contribution in [0.4, 0.5) is 11.4 Å². The number of nitrogens with one attached hydrogen (secondary N) is 2. The fourth-order valence-corrected chi connectivity index (χ4v) is 2.87. The van der Waals surface area contributed by atoms with Crippen LogP contribution in [-0.2, 0) is 20.8 Å². The number of methoxy groups -OCH3 is 1. The number of carbonyl (C=O) groups is 3. The highest BCUT2D eigenvalue weighted by Crippen LogP contribution is 2.18. The lowest BCUT2D eigenvalue weighted by atomic mass is 10.1. The van der Waals surface area contributed by atoms with Gasteiger partial charge < -0.3 is 20.3 Å². The Morgan fingerprint density at radius 1 is 1.03 bits per heavy atom. The van der Waals surface area contributed by atoms with Crippen LogP contribution in [-0.4, -0.2) is 37.9 Å². The van der Waals surface area contributed by atoms with Crippen LogP contribution < -0.4 is 20.3 Å². The van der Waals surface area contributed by atoms with Crippen molar-refractivity contribution in [2.24, 2.45) is 0 Å². The van der Waals surface area contributed by atoms with Crippen molar-refractivity contribution in [2.75, 3.05) is 30.4 Å². The van der Waals surface area contributed by atoms with E-state index >= 15 is 0 Å². The topological polar surface area (TPSA) is 87.7 Å². The zero-order valence-corrected chi connectivity index (χ0v) is 17.0. The van der Waals surface area contributed by atoms with Crippen molar-refractivity contribution in [1.29, 1.82) is 0 Å². The third kappa shape index (κ3) is 7.29. The first kappa shape index (κ1) is 21.9. The van der Waals surface area contributed by atoms with Gasteiger partial charge in [0.2, 0.25) is 17.7 Å². The molecule has 3 amide bonds. The highest BCUT2D eigenvalue weighted by Gasteiger charge is 2.13. The predicted molar refractivity (Wildman–Crippen MR) is 113 cm³/mol. The average molecular weight is 397 g/mol. The van der Waals surface area contributed by atoms with E-state index in [0.29, 0.717) is 24.3 Å². The maximum absolute atomic E-state index is 12.2. The fourth-order valence-electron chi connectivity index (χ4n) is 2.87. The third-order valence-electron chi connectivity index (χ3n) is 4.31. The van der Waals surface area contributed by atoms with Crippen LogP contribution >= 0.6 is 0 Å². The number of anilines is 2. The second-order valence-corrected chi connectivity index (χ2v) is 6.60. The zero-order chi connectivity index (χ0) is 21.2. The number of nitrogens with zero attached hydrogens (tertiary/aromatic N) is 1. The Labute approximate surface area is 171 Å². The number of rotatable bonds is 9. The van der Waals surface area contributed by atoms with E-state index in [0.717, 1.165) is 11.3 Å². The van der Waals surface area contributed by atoms with Gasteiger partial charge in [-0.15, -0.1) is 0 Å². The van der Waals surface area contributed by atoms with E-state index in [1.165, 1.54) is 13.8 Å². The van der Waals surface area contributed by atoms with Crippen LogP contribution in [0.2, 0.25) is 0 Å². The molecule has 0 radical (unpaired) electrons. The summed E-state index contributed by atoms with van der Waals surface area (Å²) in [5.74, 6) is 0.359. The van der Waals surface area contributed by atoms with E-state index in [2.05, 4.69) is 10.6 Å². The summed E-state index contributed by atoms with van der Waals surface area (Å²) in [5, 5.41) is 5.56. The highest BCUT2D eigenvalue weighted by molar-refractivity contribution is 5.93. The van der Waals surface area contributed by atoms with Gasteiger partial charge in [-0.1, -0.05) is 12.1 Å². The van der Waals surface area contributed by atoms with Gasteiger partial charge in [0.25, 0.3) is 0 Å². The molecule has 7 nitrogen and oxygen atoms in total. The first-order chi connectivity index (χ1) is 13.9. The minimum Gasteiger partial charge on any atom is -0.497 e. The van der Waals surface area contributed by atoms with Gasteiger partial charge in [-0.2, -0.15) is 0 Å². The van der Waals surface area contributed by atoms with Gasteiger partial charge in [-0.3, -0.25) is 14.4 Å². The Kier molecular flexibility index (Phi) is 8.21. The van der Waals surface area contributed by atoms with Crippen LogP contribution in [0.1, 0.15) is 25.8 Å². The lowest BCUT2D eigenvalue weighted by molar-refractivity contribution is -0.121. The molecule has 0 fully saturated rings. The molecule has 0 aliphatic carbocycles. The van der Waals surface area contributed by atoms with E-state index in [4.69, 9.17) is 4.74 Å². The minimum atomic E-state index is -0.160. The molecule has 2 aromatic carbocycles. The Bertz CT molecular complexity index is 849. The second-order valence-electron chi connectivity index (χ2n) is 6.60. The molecule has 0 bridgehead atoms. The SMILES string of the molecule is COc1cccc(CCNC(=O)CCN(C(C)=O)c2ccc(NC(C)=O)cc2)c1. The molecule has 29 heavy (non-hydrogen) atoms. The Morgan fingerprint density at radius 2 is 1.76 bits per heavy atom. The molecule has 0 heterocycles. The van der Waals surface area contributed by atoms with Crippen molar-refractivity contribution in [2.45, 2.75) is 26.7 Å². The van der Waals surface area contributed by atoms with Crippen molar-refractivity contribution in [3.8, 4) is 5.75 Å². The molecule has 0 saturated carbocycles. The molecular weight excluding hydrogens is 370 g/mol. The highest BCUT2D eigenvalue weighted by atomic mass is 16.5. The monoisotopic (exact) mass is 397 g/mol. The number of carbonyl (C=O) groups excluding carboxylic acids is 3. The summed E-state index contributed by atoms with van der Waals surface area (Å²) in [6, 6.07) is 14.6. The molecule has 0 spiro atoms. The third-order valence-corrected chi connectivity index (χ3v) is 4.31. The smallest absolute Gasteiger partial charge is 0.223 e. The molecule has 0 unspecified atom stereocenters. The maximum Gasteiger partial charge on any atom is 0.223 e. The molecular formula is C22H27N3O4. The number of ether oxygens (including phenoxy) is 1. The van der Waals surface area contributed by atoms with E-state index in [1.807, 2.05) is 24.3 Å². The van der Waals surface area contributed by atoms with Gasteiger partial charge >= 0.3 is 0 Å². The molecule has 0 saturated heterocycles.